The van der Waals surface area contributed by atoms with Gasteiger partial charge in [-0.15, -0.1) is 0 Å². The second kappa shape index (κ2) is 4.88. The molecule has 0 aromatic heterocycles. The van der Waals surface area contributed by atoms with E-state index in [4.69, 9.17) is 10.3 Å². The Morgan fingerprint density at radius 2 is 2.17 bits per heavy atom. The number of hydrogen-bond donors (Lipinski definition) is 3. The SMILES string of the molecule is OCCCNO. The Morgan fingerprint density at radius 3 is 2.33 bits per heavy atom. The highest BCUT2D eigenvalue weighted by Gasteiger charge is 1.75. The fourth-order valence-corrected chi connectivity index (χ4v) is 0.158. The second-order valence-corrected chi connectivity index (χ2v) is 0.985. The van der Waals surface area contributed by atoms with Crippen LogP contribution in [0.1, 0.15) is 6.42 Å². The van der Waals surface area contributed by atoms with Crippen molar-refractivity contribution < 1.29 is 10.3 Å². The van der Waals surface area contributed by atoms with Gasteiger partial charge in [0.2, 0.25) is 0 Å². The van der Waals surface area contributed by atoms with Gasteiger partial charge in [-0.3, -0.25) is 0 Å². The minimum absolute atomic E-state index is 0.133. The van der Waals surface area contributed by atoms with Crippen molar-refractivity contribution in [3.05, 3.63) is 0 Å². The van der Waals surface area contributed by atoms with Gasteiger partial charge in [-0.05, 0) is 6.42 Å². The molecule has 0 amide bonds. The molecule has 0 spiro atoms. The lowest BCUT2D eigenvalue weighted by molar-refractivity contribution is 0.155. The summed E-state index contributed by atoms with van der Waals surface area (Å²) in [6.07, 6.45) is 0.608. The van der Waals surface area contributed by atoms with E-state index in [1.807, 2.05) is 5.48 Å². The summed E-state index contributed by atoms with van der Waals surface area (Å²) in [7, 11) is 0. The average molecular weight is 91.1 g/mol. The molecule has 0 radical (unpaired) electrons. The highest BCUT2D eigenvalue weighted by Crippen LogP contribution is 1.65. The highest BCUT2D eigenvalue weighted by atomic mass is 16.5. The minimum Gasteiger partial charge on any atom is -0.396 e. The number of aliphatic hydroxyl groups excluding tert-OH is 1. The molecule has 0 bridgehead atoms. The van der Waals surface area contributed by atoms with Crippen LogP contribution >= 0.6 is 0 Å². The van der Waals surface area contributed by atoms with E-state index in [9.17, 15) is 0 Å². The van der Waals surface area contributed by atoms with Gasteiger partial charge in [-0.25, -0.2) is 5.48 Å². The van der Waals surface area contributed by atoms with Crippen molar-refractivity contribution in [2.24, 2.45) is 0 Å². The van der Waals surface area contributed by atoms with Crippen molar-refractivity contribution in [1.82, 2.24) is 5.48 Å². The van der Waals surface area contributed by atoms with E-state index in [-0.39, 0.29) is 6.61 Å². The molecular weight excluding hydrogens is 82.0 g/mol. The van der Waals surface area contributed by atoms with Gasteiger partial charge in [0, 0.05) is 13.2 Å². The maximum Gasteiger partial charge on any atom is 0.0444 e. The summed E-state index contributed by atoms with van der Waals surface area (Å²) >= 11 is 0. The first-order chi connectivity index (χ1) is 2.91. The van der Waals surface area contributed by atoms with Crippen LogP contribution in [-0.4, -0.2) is 23.5 Å². The Bertz CT molecular complexity index is 20.8. The van der Waals surface area contributed by atoms with E-state index in [0.717, 1.165) is 0 Å². The van der Waals surface area contributed by atoms with Crippen LogP contribution < -0.4 is 5.48 Å². The molecular formula is C3H9NO2. The lowest BCUT2D eigenvalue weighted by atomic mass is 10.5. The molecule has 0 aliphatic heterocycles. The summed E-state index contributed by atoms with van der Waals surface area (Å²) in [5, 5.41) is 15.9. The summed E-state index contributed by atoms with van der Waals surface area (Å²) in [6, 6.07) is 0. The lowest BCUT2D eigenvalue weighted by Gasteiger charge is -1.88. The third-order valence-corrected chi connectivity index (χ3v) is 0.447. The topological polar surface area (TPSA) is 52.5 Å². The number of hydroxylamine groups is 1. The standard InChI is InChI=1S/C3H9NO2/c5-3-1-2-4-6/h4-6H,1-3H2. The van der Waals surface area contributed by atoms with Crippen molar-refractivity contribution >= 4 is 0 Å². The highest BCUT2D eigenvalue weighted by molar-refractivity contribution is 4.30. The van der Waals surface area contributed by atoms with Crippen molar-refractivity contribution in [2.45, 2.75) is 6.42 Å². The smallest absolute Gasteiger partial charge is 0.0444 e. The quantitative estimate of drug-likeness (QED) is 0.319. The Labute approximate surface area is 36.6 Å². The Hall–Kier alpha value is -0.120. The van der Waals surface area contributed by atoms with E-state index in [1.165, 1.54) is 0 Å². The first kappa shape index (κ1) is 5.88. The number of nitrogens with one attached hydrogen (secondary N) is 1. The molecule has 0 unspecified atom stereocenters. The van der Waals surface area contributed by atoms with Crippen molar-refractivity contribution in [3.8, 4) is 0 Å². The van der Waals surface area contributed by atoms with E-state index in [0.29, 0.717) is 13.0 Å². The summed E-state index contributed by atoms with van der Waals surface area (Å²) < 4.78 is 0. The van der Waals surface area contributed by atoms with Crippen LogP contribution in [0.15, 0.2) is 0 Å². The van der Waals surface area contributed by atoms with Crippen LogP contribution in [0, 0.1) is 0 Å². The van der Waals surface area contributed by atoms with E-state index in [2.05, 4.69) is 0 Å². The van der Waals surface area contributed by atoms with E-state index in [1.54, 1.807) is 0 Å². The molecule has 0 fully saturated rings. The average Bonchev–Trinajstić information content (AvgIpc) is 1.61. The molecule has 0 rings (SSSR count). The predicted octanol–water partition coefficient (Wildman–Crippen LogP) is -0.652. The first-order valence-electron chi connectivity index (χ1n) is 1.89. The van der Waals surface area contributed by atoms with E-state index >= 15 is 0 Å². The summed E-state index contributed by atoms with van der Waals surface area (Å²) in [5.74, 6) is 0. The number of rotatable bonds is 3. The molecule has 0 aromatic carbocycles. The zero-order chi connectivity index (χ0) is 4.83. The molecule has 0 atom stereocenters. The van der Waals surface area contributed by atoms with Crippen molar-refractivity contribution in [2.75, 3.05) is 13.2 Å². The fraction of sp³-hybridized carbons (Fsp3) is 1.00. The van der Waals surface area contributed by atoms with Crippen LogP contribution in [0.4, 0.5) is 0 Å². The van der Waals surface area contributed by atoms with Crippen LogP contribution in [0.3, 0.4) is 0 Å². The van der Waals surface area contributed by atoms with Crippen molar-refractivity contribution in [1.29, 1.82) is 0 Å². The second-order valence-electron chi connectivity index (χ2n) is 0.985. The Balaban J connectivity index is 2.34. The molecule has 0 saturated carbocycles. The summed E-state index contributed by atoms with van der Waals surface area (Å²) in [5.41, 5.74) is 1.91. The van der Waals surface area contributed by atoms with Gasteiger partial charge in [-0.2, -0.15) is 0 Å². The zero-order valence-electron chi connectivity index (χ0n) is 3.52. The van der Waals surface area contributed by atoms with Crippen molar-refractivity contribution in [3.63, 3.8) is 0 Å². The predicted molar refractivity (Wildman–Crippen MR) is 21.5 cm³/mol. The third-order valence-electron chi connectivity index (χ3n) is 0.447. The molecule has 38 valence electrons. The monoisotopic (exact) mass is 91.1 g/mol. The number of aliphatic hydroxyl groups is 1. The Morgan fingerprint density at radius 1 is 1.50 bits per heavy atom. The van der Waals surface area contributed by atoms with Gasteiger partial charge in [0.05, 0.1) is 0 Å². The molecule has 0 aliphatic carbocycles. The maximum absolute atomic E-state index is 8.05. The Kier molecular flexibility index (Phi) is 4.78. The van der Waals surface area contributed by atoms with Crippen LogP contribution in [-0.2, 0) is 0 Å². The van der Waals surface area contributed by atoms with Crippen LogP contribution in [0.5, 0.6) is 0 Å². The van der Waals surface area contributed by atoms with Gasteiger partial charge < -0.3 is 10.3 Å². The maximum atomic E-state index is 8.05. The van der Waals surface area contributed by atoms with Gasteiger partial charge in [-0.1, -0.05) is 0 Å². The molecule has 0 saturated heterocycles. The minimum atomic E-state index is 0.133. The fourth-order valence-electron chi connectivity index (χ4n) is 0.158. The largest absolute Gasteiger partial charge is 0.396 e. The molecule has 0 heterocycles. The van der Waals surface area contributed by atoms with Gasteiger partial charge in [0.15, 0.2) is 0 Å². The summed E-state index contributed by atoms with van der Waals surface area (Å²) in [4.78, 5) is 0. The molecule has 3 nitrogen and oxygen atoms in total. The normalized spacial score (nSPS) is 9.00. The zero-order valence-corrected chi connectivity index (χ0v) is 3.52. The van der Waals surface area contributed by atoms with Gasteiger partial charge in [0.1, 0.15) is 0 Å². The first-order valence-corrected chi connectivity index (χ1v) is 1.89. The molecule has 0 aromatic rings. The van der Waals surface area contributed by atoms with Crippen LogP contribution in [0.25, 0.3) is 0 Å². The molecule has 3 heteroatoms. The molecule has 6 heavy (non-hydrogen) atoms. The molecule has 3 N–H and O–H groups in total. The summed E-state index contributed by atoms with van der Waals surface area (Å²) in [6.45, 7) is 0.601. The van der Waals surface area contributed by atoms with Gasteiger partial charge >= 0.3 is 0 Å². The van der Waals surface area contributed by atoms with Crippen LogP contribution in [0.2, 0.25) is 0 Å². The number of hydrogen-bond acceptors (Lipinski definition) is 3. The lowest BCUT2D eigenvalue weighted by Crippen LogP contribution is -2.09. The van der Waals surface area contributed by atoms with E-state index < -0.39 is 0 Å². The molecule has 0 aliphatic rings. The third kappa shape index (κ3) is 3.88. The van der Waals surface area contributed by atoms with Gasteiger partial charge in [0.25, 0.3) is 0 Å².